The van der Waals surface area contributed by atoms with Gasteiger partial charge in [-0.1, -0.05) is 11.5 Å². The molecular weight excluding hydrogens is 91.0 g/mol. The Kier molecular flexibility index (Phi) is 3.44. The topological polar surface area (TPSA) is 25.8 Å². The van der Waals surface area contributed by atoms with Crippen LogP contribution < -0.4 is 18.9 Å². The van der Waals surface area contributed by atoms with Gasteiger partial charge in [-0.05, 0) is 0 Å². The molecule has 1 heterocycles. The minimum atomic E-state index is 0. The molecule has 0 fully saturated rings. The van der Waals surface area contributed by atoms with Crippen molar-refractivity contribution in [2.75, 3.05) is 0 Å². The SMILES string of the molecule is [Li+].[c-]1csnn1. The van der Waals surface area contributed by atoms with Gasteiger partial charge in [0.05, 0.1) is 0 Å². The standard InChI is InChI=1S/C2HN2S.Li/c1-2-5-4-3-1;/h2H;/q-1;+1. The summed E-state index contributed by atoms with van der Waals surface area (Å²) in [4.78, 5) is 0. The second kappa shape index (κ2) is 3.35. The molecule has 0 amide bonds. The summed E-state index contributed by atoms with van der Waals surface area (Å²) in [5.41, 5.74) is 0. The van der Waals surface area contributed by atoms with E-state index in [4.69, 9.17) is 0 Å². The molecule has 0 aliphatic carbocycles. The summed E-state index contributed by atoms with van der Waals surface area (Å²) < 4.78 is 3.46. The summed E-state index contributed by atoms with van der Waals surface area (Å²) in [7, 11) is 0. The second-order valence-corrected chi connectivity index (χ2v) is 1.14. The molecule has 4 heteroatoms. The van der Waals surface area contributed by atoms with Gasteiger partial charge in [0, 0.05) is 0 Å². The summed E-state index contributed by atoms with van der Waals surface area (Å²) in [5, 5.41) is 5.06. The van der Waals surface area contributed by atoms with Gasteiger partial charge in [-0.2, -0.15) is 5.38 Å². The monoisotopic (exact) mass is 92.0 g/mol. The molecule has 0 radical (unpaired) electrons. The third-order valence-electron chi connectivity index (χ3n) is 0.251. The molecule has 26 valence electrons. The van der Waals surface area contributed by atoms with Crippen molar-refractivity contribution in [3.8, 4) is 0 Å². The van der Waals surface area contributed by atoms with E-state index < -0.39 is 0 Å². The molecule has 0 atom stereocenters. The molecule has 6 heavy (non-hydrogen) atoms. The molecule has 0 N–H and O–H groups in total. The zero-order valence-corrected chi connectivity index (χ0v) is 4.20. The average molecular weight is 92.1 g/mol. The summed E-state index contributed by atoms with van der Waals surface area (Å²) in [5.74, 6) is 0. The third kappa shape index (κ3) is 1.56. The van der Waals surface area contributed by atoms with Crippen LogP contribution in [0.5, 0.6) is 0 Å². The van der Waals surface area contributed by atoms with E-state index in [2.05, 4.69) is 15.8 Å². The van der Waals surface area contributed by atoms with Crippen LogP contribution in [0.15, 0.2) is 5.38 Å². The van der Waals surface area contributed by atoms with Crippen LogP contribution in [-0.2, 0) is 0 Å². The smallest absolute Gasteiger partial charge is 0.359 e. The zero-order chi connectivity index (χ0) is 3.54. The van der Waals surface area contributed by atoms with Crippen molar-refractivity contribution in [3.63, 3.8) is 0 Å². The quantitative estimate of drug-likeness (QED) is 0.258. The first-order chi connectivity index (χ1) is 2.50. The first-order valence-electron chi connectivity index (χ1n) is 1.13. The summed E-state index contributed by atoms with van der Waals surface area (Å²) in [6.07, 6.45) is 2.52. The molecule has 1 aromatic rings. The van der Waals surface area contributed by atoms with Gasteiger partial charge in [0.15, 0.2) is 0 Å². The Balaban J connectivity index is 0.000000250. The van der Waals surface area contributed by atoms with E-state index in [0.717, 1.165) is 0 Å². The fourth-order valence-electron chi connectivity index (χ4n) is 0.118. The van der Waals surface area contributed by atoms with Crippen molar-refractivity contribution in [2.45, 2.75) is 0 Å². The summed E-state index contributed by atoms with van der Waals surface area (Å²) in [6, 6.07) is 0. The number of nitrogens with zero attached hydrogens (tertiary/aromatic N) is 2. The molecule has 0 spiro atoms. The van der Waals surface area contributed by atoms with Gasteiger partial charge in [0.25, 0.3) is 0 Å². The second-order valence-electron chi connectivity index (χ2n) is 0.534. The first kappa shape index (κ1) is 6.16. The van der Waals surface area contributed by atoms with E-state index in [1.165, 1.54) is 11.5 Å². The van der Waals surface area contributed by atoms with Crippen molar-refractivity contribution in [3.05, 3.63) is 11.6 Å². The van der Waals surface area contributed by atoms with E-state index in [1.54, 1.807) is 5.38 Å². The van der Waals surface area contributed by atoms with Gasteiger partial charge in [-0.25, -0.2) is 0 Å². The van der Waals surface area contributed by atoms with Crippen LogP contribution >= 0.6 is 11.5 Å². The maximum Gasteiger partial charge on any atom is 1.00 e. The molecule has 0 saturated carbocycles. The molecule has 0 aliphatic heterocycles. The summed E-state index contributed by atoms with van der Waals surface area (Å²) >= 11 is 1.30. The predicted molar refractivity (Wildman–Crippen MR) is 18.7 cm³/mol. The van der Waals surface area contributed by atoms with Gasteiger partial charge in [-0.15, -0.1) is 4.49 Å². The van der Waals surface area contributed by atoms with Gasteiger partial charge < -0.3 is 11.3 Å². The van der Waals surface area contributed by atoms with Crippen LogP contribution in [0.25, 0.3) is 0 Å². The maximum absolute atomic E-state index is 3.46. The van der Waals surface area contributed by atoms with Crippen molar-refractivity contribution in [2.24, 2.45) is 0 Å². The van der Waals surface area contributed by atoms with Crippen molar-refractivity contribution >= 4 is 11.5 Å². The van der Waals surface area contributed by atoms with Gasteiger partial charge in [-0.3, -0.25) is 0 Å². The van der Waals surface area contributed by atoms with Crippen LogP contribution in [0.4, 0.5) is 0 Å². The van der Waals surface area contributed by atoms with Crippen molar-refractivity contribution < 1.29 is 18.9 Å². The largest absolute Gasteiger partial charge is 1.00 e. The van der Waals surface area contributed by atoms with Gasteiger partial charge in [0.1, 0.15) is 0 Å². The molecule has 0 bridgehead atoms. The minimum absolute atomic E-state index is 0. The van der Waals surface area contributed by atoms with E-state index >= 15 is 0 Å². The zero-order valence-electron chi connectivity index (χ0n) is 3.38. The number of hydrogen-bond donors (Lipinski definition) is 0. The van der Waals surface area contributed by atoms with Crippen LogP contribution in [0.2, 0.25) is 0 Å². The Morgan fingerprint density at radius 2 is 2.50 bits per heavy atom. The molecule has 1 rings (SSSR count). The molecule has 0 aromatic carbocycles. The Bertz CT molecular complexity index is 68.0. The first-order valence-corrected chi connectivity index (χ1v) is 1.97. The Morgan fingerprint density at radius 1 is 1.67 bits per heavy atom. The van der Waals surface area contributed by atoms with Crippen LogP contribution in [-0.4, -0.2) is 9.59 Å². The van der Waals surface area contributed by atoms with Gasteiger partial charge >= 0.3 is 18.9 Å². The van der Waals surface area contributed by atoms with Crippen LogP contribution in [0.1, 0.15) is 0 Å². The maximum atomic E-state index is 3.46. The molecule has 0 saturated heterocycles. The van der Waals surface area contributed by atoms with Crippen LogP contribution in [0.3, 0.4) is 0 Å². The van der Waals surface area contributed by atoms with Crippen molar-refractivity contribution in [1.82, 2.24) is 9.59 Å². The van der Waals surface area contributed by atoms with E-state index in [-0.39, 0.29) is 18.9 Å². The molecular formula is C2HLiN2S. The van der Waals surface area contributed by atoms with Crippen LogP contribution in [0, 0.1) is 6.20 Å². The van der Waals surface area contributed by atoms with E-state index in [9.17, 15) is 0 Å². The normalized spacial score (nSPS) is 6.67. The van der Waals surface area contributed by atoms with Gasteiger partial charge in [0.2, 0.25) is 0 Å². The minimum Gasteiger partial charge on any atom is -0.359 e. The Labute approximate surface area is 51.9 Å². The third-order valence-corrected chi connectivity index (χ3v) is 0.638. The molecule has 0 aliphatic rings. The fourth-order valence-corrected chi connectivity index (χ4v) is 0.354. The predicted octanol–water partition coefficient (Wildman–Crippen LogP) is -2.66. The Hall–Kier alpha value is 0.157. The number of rotatable bonds is 0. The van der Waals surface area contributed by atoms with E-state index in [1.807, 2.05) is 0 Å². The summed E-state index contributed by atoms with van der Waals surface area (Å²) in [6.45, 7) is 0. The fraction of sp³-hybridized carbons (Fsp3) is 0. The molecule has 0 unspecified atom stereocenters. The average Bonchev–Trinajstić information content (AvgIpc) is 1.76. The van der Waals surface area contributed by atoms with E-state index in [0.29, 0.717) is 0 Å². The molecule has 1 aromatic heterocycles. The van der Waals surface area contributed by atoms with Crippen molar-refractivity contribution in [1.29, 1.82) is 0 Å². The number of hydrogen-bond acceptors (Lipinski definition) is 3. The Morgan fingerprint density at radius 3 is 2.67 bits per heavy atom. The molecule has 2 nitrogen and oxygen atoms in total. The number of aromatic nitrogens is 2.